The Morgan fingerprint density at radius 2 is 2.35 bits per heavy atom. The highest BCUT2D eigenvalue weighted by atomic mass is 16.3. The van der Waals surface area contributed by atoms with Crippen LogP contribution in [0, 0.1) is 6.92 Å². The van der Waals surface area contributed by atoms with Crippen LogP contribution in [0.25, 0.3) is 5.65 Å². The van der Waals surface area contributed by atoms with Gasteiger partial charge in [0, 0.05) is 25.4 Å². The summed E-state index contributed by atoms with van der Waals surface area (Å²) < 4.78 is 1.82. The summed E-state index contributed by atoms with van der Waals surface area (Å²) in [5.41, 5.74) is 1.50. The number of aromatic amines is 1. The Kier molecular flexibility index (Phi) is 2.95. The van der Waals surface area contributed by atoms with Crippen LogP contribution in [0.2, 0.25) is 0 Å². The Morgan fingerprint density at radius 3 is 3.13 bits per heavy atom. The lowest BCUT2D eigenvalue weighted by Gasteiger charge is -2.20. The zero-order chi connectivity index (χ0) is 16.0. The third-order valence-electron chi connectivity index (χ3n) is 4.26. The number of amides is 1. The van der Waals surface area contributed by atoms with Crippen molar-refractivity contribution in [1.29, 1.82) is 0 Å². The summed E-state index contributed by atoms with van der Waals surface area (Å²) >= 11 is 0. The predicted octanol–water partition coefficient (Wildman–Crippen LogP) is 0.495. The quantitative estimate of drug-likeness (QED) is 0.717. The van der Waals surface area contributed by atoms with Crippen molar-refractivity contribution in [3.8, 4) is 0 Å². The van der Waals surface area contributed by atoms with Gasteiger partial charge in [-0.25, -0.2) is 4.98 Å². The van der Waals surface area contributed by atoms with E-state index in [2.05, 4.69) is 20.4 Å². The molecule has 1 aliphatic rings. The standard InChI is InChI=1S/C15H16N6O2/c1-10-2-4-20-8-11(17-13(20)6-10)14(22)21-5-3-15(23,9-21)12-7-16-19-18-12/h2,4,6-8,23H,3,5,9H2,1H3,(H,16,18,19). The molecule has 4 heterocycles. The van der Waals surface area contributed by atoms with Crippen LogP contribution >= 0.6 is 0 Å². The van der Waals surface area contributed by atoms with E-state index < -0.39 is 5.60 Å². The molecule has 1 atom stereocenters. The molecule has 1 unspecified atom stereocenters. The van der Waals surface area contributed by atoms with Gasteiger partial charge in [-0.1, -0.05) is 0 Å². The summed E-state index contributed by atoms with van der Waals surface area (Å²) in [5, 5.41) is 20.8. The molecule has 0 aromatic carbocycles. The second-order valence-electron chi connectivity index (χ2n) is 5.96. The van der Waals surface area contributed by atoms with Crippen molar-refractivity contribution in [2.75, 3.05) is 13.1 Å². The number of aryl methyl sites for hydroxylation is 1. The van der Waals surface area contributed by atoms with Crippen molar-refractivity contribution in [3.63, 3.8) is 0 Å². The summed E-state index contributed by atoms with van der Waals surface area (Å²) in [7, 11) is 0. The fourth-order valence-electron chi connectivity index (χ4n) is 2.95. The Morgan fingerprint density at radius 1 is 1.48 bits per heavy atom. The molecule has 0 saturated carbocycles. The number of aromatic nitrogens is 5. The lowest BCUT2D eigenvalue weighted by Crippen LogP contribution is -2.34. The van der Waals surface area contributed by atoms with Crippen LogP contribution in [-0.4, -0.2) is 53.8 Å². The number of nitrogens with one attached hydrogen (secondary N) is 1. The number of H-pyrrole nitrogens is 1. The molecule has 0 spiro atoms. The summed E-state index contributed by atoms with van der Waals surface area (Å²) in [5.74, 6) is -0.189. The molecule has 0 radical (unpaired) electrons. The first-order chi connectivity index (χ1) is 11.0. The second-order valence-corrected chi connectivity index (χ2v) is 5.96. The van der Waals surface area contributed by atoms with Crippen molar-refractivity contribution >= 4 is 11.6 Å². The number of aliphatic hydroxyl groups is 1. The topological polar surface area (TPSA) is 99.4 Å². The normalized spacial score (nSPS) is 21.2. The fourth-order valence-corrected chi connectivity index (χ4v) is 2.95. The van der Waals surface area contributed by atoms with Gasteiger partial charge in [-0.05, 0) is 24.6 Å². The molecular formula is C15H16N6O2. The molecule has 8 heteroatoms. The van der Waals surface area contributed by atoms with Crippen LogP contribution in [-0.2, 0) is 5.60 Å². The summed E-state index contributed by atoms with van der Waals surface area (Å²) in [6, 6.07) is 3.88. The first-order valence-corrected chi connectivity index (χ1v) is 7.38. The lowest BCUT2D eigenvalue weighted by molar-refractivity contribution is 0.0380. The van der Waals surface area contributed by atoms with Crippen LogP contribution in [0.1, 0.15) is 28.2 Å². The minimum absolute atomic E-state index is 0.186. The number of imidazole rings is 1. The molecular weight excluding hydrogens is 296 g/mol. The molecule has 23 heavy (non-hydrogen) atoms. The minimum Gasteiger partial charge on any atom is -0.381 e. The van der Waals surface area contributed by atoms with Crippen LogP contribution in [0.4, 0.5) is 0 Å². The average molecular weight is 312 g/mol. The first kappa shape index (κ1) is 13.9. The van der Waals surface area contributed by atoms with E-state index in [0.717, 1.165) is 11.2 Å². The molecule has 2 N–H and O–H groups in total. The third kappa shape index (κ3) is 2.27. The summed E-state index contributed by atoms with van der Waals surface area (Å²) in [4.78, 5) is 18.6. The molecule has 8 nitrogen and oxygen atoms in total. The van der Waals surface area contributed by atoms with Crippen molar-refractivity contribution < 1.29 is 9.90 Å². The van der Waals surface area contributed by atoms with Gasteiger partial charge in [0.25, 0.3) is 5.91 Å². The van der Waals surface area contributed by atoms with E-state index in [4.69, 9.17) is 0 Å². The fraction of sp³-hybridized carbons (Fsp3) is 0.333. The van der Waals surface area contributed by atoms with Crippen molar-refractivity contribution in [2.24, 2.45) is 0 Å². The largest absolute Gasteiger partial charge is 0.381 e. The zero-order valence-corrected chi connectivity index (χ0v) is 12.6. The molecule has 0 bridgehead atoms. The van der Waals surface area contributed by atoms with Gasteiger partial charge in [-0.2, -0.15) is 15.4 Å². The number of carbonyl (C=O) groups is 1. The maximum absolute atomic E-state index is 12.7. The zero-order valence-electron chi connectivity index (χ0n) is 12.6. The Hall–Kier alpha value is -2.74. The number of hydrogen-bond donors (Lipinski definition) is 2. The Labute approximate surface area is 131 Å². The van der Waals surface area contributed by atoms with Gasteiger partial charge in [0.15, 0.2) is 0 Å². The molecule has 118 valence electrons. The SMILES string of the molecule is Cc1ccn2cc(C(=O)N3CCC(O)(c4cn[nH]n4)C3)nc2c1. The van der Waals surface area contributed by atoms with Gasteiger partial charge in [0.05, 0.1) is 12.7 Å². The van der Waals surface area contributed by atoms with E-state index in [0.29, 0.717) is 24.4 Å². The van der Waals surface area contributed by atoms with Gasteiger partial charge in [-0.3, -0.25) is 4.79 Å². The van der Waals surface area contributed by atoms with Crippen molar-refractivity contribution in [3.05, 3.63) is 47.7 Å². The first-order valence-electron chi connectivity index (χ1n) is 7.38. The number of pyridine rings is 1. The number of hydrogen-bond acceptors (Lipinski definition) is 5. The molecule has 1 amide bonds. The molecule has 1 fully saturated rings. The van der Waals surface area contributed by atoms with E-state index in [-0.39, 0.29) is 12.5 Å². The maximum atomic E-state index is 12.7. The van der Waals surface area contributed by atoms with Crippen molar-refractivity contribution in [1.82, 2.24) is 29.7 Å². The van der Waals surface area contributed by atoms with Crippen LogP contribution in [0.15, 0.2) is 30.7 Å². The van der Waals surface area contributed by atoms with Crippen LogP contribution in [0.3, 0.4) is 0 Å². The molecule has 1 aliphatic heterocycles. The van der Waals surface area contributed by atoms with E-state index in [1.54, 1.807) is 11.1 Å². The predicted molar refractivity (Wildman–Crippen MR) is 80.7 cm³/mol. The lowest BCUT2D eigenvalue weighted by atomic mass is 10.0. The van der Waals surface area contributed by atoms with Crippen LogP contribution in [0.5, 0.6) is 0 Å². The number of likely N-dealkylation sites (tertiary alicyclic amines) is 1. The number of rotatable bonds is 2. The summed E-state index contributed by atoms with van der Waals surface area (Å²) in [6.45, 7) is 2.62. The molecule has 1 saturated heterocycles. The minimum atomic E-state index is -1.15. The number of nitrogens with zero attached hydrogens (tertiary/aromatic N) is 5. The summed E-state index contributed by atoms with van der Waals surface area (Å²) in [6.07, 6.45) is 5.51. The number of fused-ring (bicyclic) bond motifs is 1. The molecule has 0 aliphatic carbocycles. The van der Waals surface area contributed by atoms with Gasteiger partial charge < -0.3 is 14.4 Å². The molecule has 3 aromatic rings. The van der Waals surface area contributed by atoms with E-state index in [1.165, 1.54) is 6.20 Å². The second kappa shape index (κ2) is 4.88. The third-order valence-corrected chi connectivity index (χ3v) is 4.26. The van der Waals surface area contributed by atoms with Gasteiger partial charge >= 0.3 is 0 Å². The van der Waals surface area contributed by atoms with E-state index >= 15 is 0 Å². The Bertz CT molecular complexity index is 871. The van der Waals surface area contributed by atoms with E-state index in [1.807, 2.05) is 29.7 Å². The monoisotopic (exact) mass is 312 g/mol. The van der Waals surface area contributed by atoms with Crippen molar-refractivity contribution in [2.45, 2.75) is 18.9 Å². The van der Waals surface area contributed by atoms with Gasteiger partial charge in [-0.15, -0.1) is 0 Å². The molecule has 4 rings (SSSR count). The molecule has 3 aromatic heterocycles. The number of β-amino-alcohol motifs (C(OH)–C–C–N with tert-alkyl or cyclic N) is 1. The number of carbonyl (C=O) groups excluding carboxylic acids is 1. The average Bonchev–Trinajstić information content (AvgIpc) is 3.25. The van der Waals surface area contributed by atoms with Crippen LogP contribution < -0.4 is 0 Å². The van der Waals surface area contributed by atoms with Gasteiger partial charge in [0.2, 0.25) is 0 Å². The maximum Gasteiger partial charge on any atom is 0.274 e. The highest BCUT2D eigenvalue weighted by Crippen LogP contribution is 2.30. The van der Waals surface area contributed by atoms with Gasteiger partial charge in [0.1, 0.15) is 22.6 Å². The highest BCUT2D eigenvalue weighted by molar-refractivity contribution is 5.93. The van der Waals surface area contributed by atoms with E-state index in [9.17, 15) is 9.90 Å². The highest BCUT2D eigenvalue weighted by Gasteiger charge is 2.42. The Balaban J connectivity index is 1.59. The smallest absolute Gasteiger partial charge is 0.274 e.